The summed E-state index contributed by atoms with van der Waals surface area (Å²) in [6.45, 7) is 0. The predicted octanol–water partition coefficient (Wildman–Crippen LogP) is 11.5. The van der Waals surface area contributed by atoms with Crippen molar-refractivity contribution in [1.29, 1.82) is 0 Å². The normalized spacial score (nSPS) is 11.2. The van der Waals surface area contributed by atoms with E-state index in [1.54, 1.807) is 0 Å². The van der Waals surface area contributed by atoms with Gasteiger partial charge in [-0.3, -0.25) is 4.98 Å². The molecule has 0 N–H and O–H groups in total. The summed E-state index contributed by atoms with van der Waals surface area (Å²) in [6, 6.07) is 57.5. The van der Waals surface area contributed by atoms with Crippen LogP contribution in [-0.2, 0) is 0 Å². The summed E-state index contributed by atoms with van der Waals surface area (Å²) in [5, 5.41) is 0.998. The van der Waals surface area contributed by atoms with Crippen molar-refractivity contribution >= 4 is 39.1 Å². The number of hydrogen-bond acceptors (Lipinski definition) is 3. The number of hydrogen-bond donors (Lipinski definition) is 0. The lowest BCUT2D eigenvalue weighted by atomic mass is 9.94. The van der Waals surface area contributed by atoms with Crippen molar-refractivity contribution in [2.45, 2.75) is 0 Å². The summed E-state index contributed by atoms with van der Waals surface area (Å²) in [5.74, 6) is 0. The maximum absolute atomic E-state index is 6.09. The van der Waals surface area contributed by atoms with Crippen molar-refractivity contribution in [3.05, 3.63) is 170 Å². The molecular formula is C41H28N2O. The van der Waals surface area contributed by atoms with Gasteiger partial charge in [0.15, 0.2) is 5.58 Å². The van der Waals surface area contributed by atoms with Crippen molar-refractivity contribution in [2.24, 2.45) is 0 Å². The predicted molar refractivity (Wildman–Crippen MR) is 183 cm³/mol. The molecule has 0 spiro atoms. The molecule has 44 heavy (non-hydrogen) atoms. The van der Waals surface area contributed by atoms with Gasteiger partial charge in [0.1, 0.15) is 11.1 Å². The summed E-state index contributed by atoms with van der Waals surface area (Å²) >= 11 is 0. The highest BCUT2D eigenvalue weighted by Gasteiger charge is 2.17. The Balaban J connectivity index is 1.24. The number of benzene rings is 6. The van der Waals surface area contributed by atoms with Gasteiger partial charge in [0.2, 0.25) is 0 Å². The van der Waals surface area contributed by atoms with Crippen LogP contribution in [0, 0.1) is 0 Å². The number of nitrogens with zero attached hydrogens (tertiary/aromatic N) is 2. The van der Waals surface area contributed by atoms with Crippen molar-refractivity contribution in [1.82, 2.24) is 4.98 Å². The van der Waals surface area contributed by atoms with Crippen LogP contribution in [0.4, 0.5) is 17.1 Å². The molecule has 0 saturated carbocycles. The molecule has 0 unspecified atom stereocenters. The van der Waals surface area contributed by atoms with Gasteiger partial charge in [0.25, 0.3) is 0 Å². The van der Waals surface area contributed by atoms with Crippen molar-refractivity contribution in [3.63, 3.8) is 0 Å². The molecule has 0 amide bonds. The number of aromatic nitrogens is 1. The first-order valence-corrected chi connectivity index (χ1v) is 14.8. The maximum Gasteiger partial charge on any atom is 0.153 e. The standard InChI is InChI=1S/C41H28N2O/c1-3-10-29(11-4-1)30-17-21-33(22-18-30)43(35-25-26-39-38(28-35)41-40(44-39)16-9-27-42-41)34-23-19-32(20-24-34)37-15-8-7-14-36(37)31-12-5-2-6-13-31/h1-28H. The van der Waals surface area contributed by atoms with Gasteiger partial charge in [-0.15, -0.1) is 0 Å². The average Bonchev–Trinajstić information content (AvgIpc) is 3.48. The van der Waals surface area contributed by atoms with E-state index in [0.717, 1.165) is 39.1 Å². The summed E-state index contributed by atoms with van der Waals surface area (Å²) in [7, 11) is 0. The number of rotatable bonds is 6. The minimum Gasteiger partial charge on any atom is -0.454 e. The molecule has 0 aliphatic carbocycles. The first kappa shape index (κ1) is 25.8. The minimum atomic E-state index is 0.792. The summed E-state index contributed by atoms with van der Waals surface area (Å²) in [6.07, 6.45) is 1.82. The number of furan rings is 1. The molecule has 0 radical (unpaired) electrons. The molecular weight excluding hydrogens is 536 g/mol. The van der Waals surface area contributed by atoms with Crippen molar-refractivity contribution < 1.29 is 4.42 Å². The molecule has 0 fully saturated rings. The Morgan fingerprint density at radius 2 is 0.932 bits per heavy atom. The molecule has 208 valence electrons. The zero-order valence-electron chi connectivity index (χ0n) is 24.0. The Bertz CT molecular complexity index is 2200. The van der Waals surface area contributed by atoms with Gasteiger partial charge in [0.05, 0.1) is 0 Å². The van der Waals surface area contributed by atoms with E-state index in [0.29, 0.717) is 0 Å². The molecule has 0 aliphatic heterocycles. The van der Waals surface area contributed by atoms with E-state index < -0.39 is 0 Å². The summed E-state index contributed by atoms with van der Waals surface area (Å²) in [4.78, 5) is 6.92. The fourth-order valence-electron chi connectivity index (χ4n) is 6.00. The topological polar surface area (TPSA) is 29.3 Å². The van der Waals surface area contributed by atoms with Crippen LogP contribution < -0.4 is 4.90 Å². The number of anilines is 3. The number of fused-ring (bicyclic) bond motifs is 3. The van der Waals surface area contributed by atoms with Crippen LogP contribution in [0.3, 0.4) is 0 Å². The van der Waals surface area contributed by atoms with Gasteiger partial charge in [-0.2, -0.15) is 0 Å². The molecule has 2 heterocycles. The van der Waals surface area contributed by atoms with Crippen LogP contribution in [0.25, 0.3) is 55.4 Å². The zero-order chi connectivity index (χ0) is 29.3. The minimum absolute atomic E-state index is 0.792. The van der Waals surface area contributed by atoms with Crippen molar-refractivity contribution in [3.8, 4) is 33.4 Å². The Morgan fingerprint density at radius 3 is 1.59 bits per heavy atom. The van der Waals surface area contributed by atoms with Gasteiger partial charge >= 0.3 is 0 Å². The molecule has 0 bridgehead atoms. The Hall–Kier alpha value is -5.93. The first-order chi connectivity index (χ1) is 21.8. The SMILES string of the molecule is c1ccc(-c2ccc(N(c3ccc(-c4ccccc4-c4ccccc4)cc3)c3ccc4oc5cccnc5c4c3)cc2)cc1. The van der Waals surface area contributed by atoms with Gasteiger partial charge in [-0.25, -0.2) is 0 Å². The van der Waals surface area contributed by atoms with Crippen LogP contribution in [0.2, 0.25) is 0 Å². The van der Waals surface area contributed by atoms with Crippen LogP contribution in [0.5, 0.6) is 0 Å². The van der Waals surface area contributed by atoms with Gasteiger partial charge < -0.3 is 9.32 Å². The maximum atomic E-state index is 6.09. The monoisotopic (exact) mass is 564 g/mol. The molecule has 6 aromatic carbocycles. The quantitative estimate of drug-likeness (QED) is 0.201. The second kappa shape index (κ2) is 11.0. The Morgan fingerprint density at radius 1 is 0.409 bits per heavy atom. The fourth-order valence-corrected chi connectivity index (χ4v) is 6.00. The highest BCUT2D eigenvalue weighted by Crippen LogP contribution is 2.40. The largest absolute Gasteiger partial charge is 0.454 e. The van der Waals surface area contributed by atoms with E-state index in [1.807, 2.05) is 30.5 Å². The van der Waals surface area contributed by atoms with E-state index in [-0.39, 0.29) is 0 Å². The summed E-state index contributed by atoms with van der Waals surface area (Å²) < 4.78 is 6.09. The van der Waals surface area contributed by atoms with Crippen LogP contribution in [0.15, 0.2) is 174 Å². The van der Waals surface area contributed by atoms with Crippen LogP contribution >= 0.6 is 0 Å². The van der Waals surface area contributed by atoms with Crippen LogP contribution in [0.1, 0.15) is 0 Å². The molecule has 8 rings (SSSR count). The van der Waals surface area contributed by atoms with E-state index >= 15 is 0 Å². The first-order valence-electron chi connectivity index (χ1n) is 14.8. The number of pyridine rings is 1. The van der Waals surface area contributed by atoms with Crippen LogP contribution in [-0.4, -0.2) is 4.98 Å². The average molecular weight is 565 g/mol. The van der Waals surface area contributed by atoms with E-state index in [9.17, 15) is 0 Å². The summed E-state index contributed by atoms with van der Waals surface area (Å²) in [5.41, 5.74) is 12.9. The van der Waals surface area contributed by atoms with Gasteiger partial charge in [-0.05, 0) is 88.0 Å². The van der Waals surface area contributed by atoms with Gasteiger partial charge in [-0.1, -0.05) is 109 Å². The van der Waals surface area contributed by atoms with E-state index in [2.05, 4.69) is 149 Å². The smallest absolute Gasteiger partial charge is 0.153 e. The lowest BCUT2D eigenvalue weighted by Gasteiger charge is -2.26. The highest BCUT2D eigenvalue weighted by molar-refractivity contribution is 6.04. The molecule has 8 aromatic rings. The third-order valence-corrected chi connectivity index (χ3v) is 8.15. The third kappa shape index (κ3) is 4.71. The van der Waals surface area contributed by atoms with E-state index in [1.165, 1.54) is 33.4 Å². The molecule has 0 saturated heterocycles. The lowest BCUT2D eigenvalue weighted by molar-refractivity contribution is 0.668. The molecule has 0 atom stereocenters. The second-order valence-corrected chi connectivity index (χ2v) is 10.8. The Kier molecular flexibility index (Phi) is 6.47. The molecule has 2 aromatic heterocycles. The Labute approximate surface area is 256 Å². The third-order valence-electron chi connectivity index (χ3n) is 8.15. The lowest BCUT2D eigenvalue weighted by Crippen LogP contribution is -2.09. The van der Waals surface area contributed by atoms with Crippen molar-refractivity contribution in [2.75, 3.05) is 4.90 Å². The van der Waals surface area contributed by atoms with Gasteiger partial charge in [0, 0.05) is 28.6 Å². The molecule has 3 nitrogen and oxygen atoms in total. The second-order valence-electron chi connectivity index (χ2n) is 10.8. The van der Waals surface area contributed by atoms with E-state index in [4.69, 9.17) is 4.42 Å². The fraction of sp³-hybridized carbons (Fsp3) is 0. The molecule has 0 aliphatic rings. The molecule has 3 heteroatoms. The zero-order valence-corrected chi connectivity index (χ0v) is 24.0. The highest BCUT2D eigenvalue weighted by atomic mass is 16.3.